The largest absolute Gasteiger partial charge is 0.495 e. The standard InChI is InChI=1S/C10H10Cl2N2O2S2/c1-15-7-4-6(8(16-2)3-5(7)11)13-10-9(12)14-18-17-10/h3-4,9,14H,1-2H3. The van der Waals surface area contributed by atoms with Crippen LogP contribution in [-0.4, -0.2) is 24.8 Å². The van der Waals surface area contributed by atoms with Crippen molar-refractivity contribution >= 4 is 55.7 Å². The number of rotatable bonds is 3. The van der Waals surface area contributed by atoms with Gasteiger partial charge >= 0.3 is 0 Å². The van der Waals surface area contributed by atoms with Crippen LogP contribution in [-0.2, 0) is 0 Å². The van der Waals surface area contributed by atoms with Crippen LogP contribution in [0.25, 0.3) is 0 Å². The second-order valence-electron chi connectivity index (χ2n) is 3.26. The molecule has 2 rings (SSSR count). The van der Waals surface area contributed by atoms with E-state index in [0.717, 1.165) is 5.04 Å². The van der Waals surface area contributed by atoms with Crippen LogP contribution in [0.15, 0.2) is 17.1 Å². The van der Waals surface area contributed by atoms with E-state index in [-0.39, 0.29) is 5.50 Å². The summed E-state index contributed by atoms with van der Waals surface area (Å²) >= 11 is 12.1. The van der Waals surface area contributed by atoms with Crippen molar-refractivity contribution in [2.75, 3.05) is 14.2 Å². The first kappa shape index (κ1) is 14.1. The fourth-order valence-corrected chi connectivity index (χ4v) is 3.96. The zero-order valence-electron chi connectivity index (χ0n) is 9.57. The van der Waals surface area contributed by atoms with Gasteiger partial charge in [-0.25, -0.2) is 9.71 Å². The molecular weight excluding hydrogens is 315 g/mol. The molecule has 0 aromatic heterocycles. The molecule has 0 aliphatic carbocycles. The number of nitrogens with one attached hydrogen (secondary N) is 1. The number of nitrogens with zero attached hydrogens (tertiary/aromatic N) is 1. The molecular formula is C10H10Cl2N2O2S2. The Labute approximate surface area is 123 Å². The van der Waals surface area contributed by atoms with Gasteiger partial charge in [0.2, 0.25) is 0 Å². The van der Waals surface area contributed by atoms with Crippen LogP contribution in [0.3, 0.4) is 0 Å². The van der Waals surface area contributed by atoms with Gasteiger partial charge in [0.15, 0.2) is 0 Å². The van der Waals surface area contributed by atoms with Gasteiger partial charge < -0.3 is 9.47 Å². The van der Waals surface area contributed by atoms with Crippen molar-refractivity contribution in [1.82, 2.24) is 4.72 Å². The van der Waals surface area contributed by atoms with Crippen molar-refractivity contribution < 1.29 is 9.47 Å². The Morgan fingerprint density at radius 1 is 1.28 bits per heavy atom. The van der Waals surface area contributed by atoms with Gasteiger partial charge in [0.1, 0.15) is 27.7 Å². The van der Waals surface area contributed by atoms with Gasteiger partial charge in [-0.1, -0.05) is 23.2 Å². The molecule has 1 unspecified atom stereocenters. The van der Waals surface area contributed by atoms with E-state index in [0.29, 0.717) is 22.2 Å². The first-order valence-corrected chi connectivity index (χ1v) is 7.85. The monoisotopic (exact) mass is 324 g/mol. The number of halogens is 2. The van der Waals surface area contributed by atoms with Gasteiger partial charge in [-0.3, -0.25) is 0 Å². The summed E-state index contributed by atoms with van der Waals surface area (Å²) in [5.41, 5.74) is 0.336. The van der Waals surface area contributed by atoms with Crippen molar-refractivity contribution in [1.29, 1.82) is 0 Å². The number of methoxy groups -OCH3 is 2. The number of ether oxygens (including phenoxy) is 2. The highest BCUT2D eigenvalue weighted by Crippen LogP contribution is 2.40. The van der Waals surface area contributed by atoms with Gasteiger partial charge in [-0.15, -0.1) is 0 Å². The predicted octanol–water partition coefficient (Wildman–Crippen LogP) is 3.85. The Morgan fingerprint density at radius 3 is 2.56 bits per heavy atom. The fraction of sp³-hybridized carbons (Fsp3) is 0.300. The van der Waals surface area contributed by atoms with E-state index in [4.69, 9.17) is 32.7 Å². The average molecular weight is 325 g/mol. The molecule has 1 fully saturated rings. The lowest BCUT2D eigenvalue weighted by molar-refractivity contribution is 0.404. The van der Waals surface area contributed by atoms with E-state index >= 15 is 0 Å². The molecule has 0 bridgehead atoms. The zero-order chi connectivity index (χ0) is 13.1. The minimum atomic E-state index is -0.300. The third kappa shape index (κ3) is 3.00. The maximum absolute atomic E-state index is 6.05. The molecule has 1 saturated heterocycles. The van der Waals surface area contributed by atoms with Crippen molar-refractivity contribution in [3.8, 4) is 11.5 Å². The molecule has 0 spiro atoms. The highest BCUT2D eigenvalue weighted by Gasteiger charge is 2.22. The maximum atomic E-state index is 6.05. The maximum Gasteiger partial charge on any atom is 0.146 e. The van der Waals surface area contributed by atoms with E-state index in [1.807, 2.05) is 0 Å². The normalized spacial score (nSPS) is 21.3. The average Bonchev–Trinajstić information content (AvgIpc) is 2.76. The lowest BCUT2D eigenvalue weighted by Gasteiger charge is -2.09. The van der Waals surface area contributed by atoms with E-state index < -0.39 is 0 Å². The number of aliphatic imine (C=N–C) groups is 1. The van der Waals surface area contributed by atoms with Gasteiger partial charge in [0, 0.05) is 12.1 Å². The molecule has 4 nitrogen and oxygen atoms in total. The molecule has 1 aliphatic rings. The molecule has 98 valence electrons. The SMILES string of the molecule is COc1cc(N=C2SSNC2Cl)c(OC)cc1Cl. The minimum absolute atomic E-state index is 0.300. The van der Waals surface area contributed by atoms with Crippen LogP contribution in [0.5, 0.6) is 11.5 Å². The summed E-state index contributed by atoms with van der Waals surface area (Å²) in [6.45, 7) is 0. The molecule has 1 aromatic carbocycles. The van der Waals surface area contributed by atoms with Crippen LogP contribution in [0.2, 0.25) is 5.02 Å². The predicted molar refractivity (Wildman–Crippen MR) is 79.6 cm³/mol. The quantitative estimate of drug-likeness (QED) is 0.396. The number of hydrogen-bond donors (Lipinski definition) is 1. The Kier molecular flexibility index (Phi) is 4.91. The lowest BCUT2D eigenvalue weighted by atomic mass is 10.2. The summed E-state index contributed by atoms with van der Waals surface area (Å²) < 4.78 is 13.4. The van der Waals surface area contributed by atoms with Crippen molar-refractivity contribution in [3.05, 3.63) is 17.2 Å². The van der Waals surface area contributed by atoms with Crippen LogP contribution < -0.4 is 14.2 Å². The number of alkyl halides is 1. The second-order valence-corrected chi connectivity index (χ2v) is 6.09. The van der Waals surface area contributed by atoms with E-state index in [2.05, 4.69) is 9.71 Å². The molecule has 0 radical (unpaired) electrons. The highest BCUT2D eigenvalue weighted by molar-refractivity contribution is 8.82. The van der Waals surface area contributed by atoms with E-state index in [1.54, 1.807) is 26.4 Å². The van der Waals surface area contributed by atoms with Crippen molar-refractivity contribution in [3.63, 3.8) is 0 Å². The van der Waals surface area contributed by atoms with Crippen LogP contribution >= 0.6 is 45.0 Å². The Bertz CT molecular complexity index is 485. The number of benzene rings is 1. The van der Waals surface area contributed by atoms with E-state index in [9.17, 15) is 0 Å². The van der Waals surface area contributed by atoms with Crippen LogP contribution in [0, 0.1) is 0 Å². The first-order valence-electron chi connectivity index (χ1n) is 4.89. The third-order valence-corrected chi connectivity index (χ3v) is 5.01. The summed E-state index contributed by atoms with van der Waals surface area (Å²) in [4.78, 5) is 4.46. The summed E-state index contributed by atoms with van der Waals surface area (Å²) in [6.07, 6.45) is 0. The van der Waals surface area contributed by atoms with Gasteiger partial charge in [0.05, 0.1) is 19.2 Å². The molecule has 18 heavy (non-hydrogen) atoms. The second kappa shape index (κ2) is 6.25. The Balaban J connectivity index is 2.42. The number of hydrogen-bond acceptors (Lipinski definition) is 6. The van der Waals surface area contributed by atoms with Crippen molar-refractivity contribution in [2.24, 2.45) is 4.99 Å². The molecule has 1 aromatic rings. The summed E-state index contributed by atoms with van der Waals surface area (Å²) in [5, 5.41) is 1.25. The Hall–Kier alpha value is -0.270. The van der Waals surface area contributed by atoms with Gasteiger partial charge in [-0.05, 0) is 21.8 Å². The molecule has 0 amide bonds. The third-order valence-electron chi connectivity index (χ3n) is 2.18. The topological polar surface area (TPSA) is 42.8 Å². The highest BCUT2D eigenvalue weighted by atomic mass is 35.5. The molecule has 8 heteroatoms. The molecule has 1 aliphatic heterocycles. The van der Waals surface area contributed by atoms with Crippen molar-refractivity contribution in [2.45, 2.75) is 5.50 Å². The van der Waals surface area contributed by atoms with Gasteiger partial charge in [-0.2, -0.15) is 0 Å². The molecule has 1 N–H and O–H groups in total. The Morgan fingerprint density at radius 2 is 2.00 bits per heavy atom. The van der Waals surface area contributed by atoms with Crippen LogP contribution in [0.1, 0.15) is 0 Å². The first-order chi connectivity index (χ1) is 8.65. The van der Waals surface area contributed by atoms with E-state index in [1.165, 1.54) is 21.8 Å². The lowest BCUT2D eigenvalue weighted by Crippen LogP contribution is -2.15. The zero-order valence-corrected chi connectivity index (χ0v) is 12.7. The summed E-state index contributed by atoms with van der Waals surface area (Å²) in [6, 6.07) is 3.39. The minimum Gasteiger partial charge on any atom is -0.495 e. The fourth-order valence-electron chi connectivity index (χ4n) is 1.33. The molecule has 0 saturated carbocycles. The molecule has 1 heterocycles. The smallest absolute Gasteiger partial charge is 0.146 e. The van der Waals surface area contributed by atoms with Crippen LogP contribution in [0.4, 0.5) is 5.69 Å². The molecule has 1 atom stereocenters. The summed E-state index contributed by atoms with van der Waals surface area (Å²) in [5.74, 6) is 1.13. The summed E-state index contributed by atoms with van der Waals surface area (Å²) in [7, 11) is 6.03. The van der Waals surface area contributed by atoms with Gasteiger partial charge in [0.25, 0.3) is 0 Å².